The van der Waals surface area contributed by atoms with Gasteiger partial charge in [0.15, 0.2) is 0 Å². The summed E-state index contributed by atoms with van der Waals surface area (Å²) in [5.74, 6) is 0. The van der Waals surface area contributed by atoms with Crippen molar-refractivity contribution in [3.63, 3.8) is 0 Å². The van der Waals surface area contributed by atoms with Crippen molar-refractivity contribution in [3.05, 3.63) is 22.6 Å². The van der Waals surface area contributed by atoms with Crippen LogP contribution in [0.3, 0.4) is 0 Å². The molecular weight excluding hydrogens is 135 g/mol. The lowest BCUT2D eigenvalue weighted by atomic mass is 10.7. The normalized spacial score (nSPS) is 9.43. The van der Waals surface area contributed by atoms with E-state index in [4.69, 9.17) is 23.2 Å². The maximum absolute atomic E-state index is 5.37. The summed E-state index contributed by atoms with van der Waals surface area (Å²) in [6.07, 6.45) is 3.65. The summed E-state index contributed by atoms with van der Waals surface area (Å²) in [7, 11) is 0. The molecular formula is C4HCl2O-. The van der Waals surface area contributed by atoms with Crippen LogP contribution in [0.15, 0.2) is 10.7 Å². The van der Waals surface area contributed by atoms with E-state index in [0.29, 0.717) is 10.0 Å². The van der Waals surface area contributed by atoms with E-state index in [1.807, 2.05) is 0 Å². The van der Waals surface area contributed by atoms with Gasteiger partial charge in [-0.05, 0) is 11.3 Å². The van der Waals surface area contributed by atoms with Gasteiger partial charge in [-0.15, -0.1) is 11.6 Å². The zero-order valence-electron chi connectivity index (χ0n) is 3.24. The Morgan fingerprint density at radius 1 is 1.57 bits per heavy atom. The smallest absolute Gasteiger partial charge is 0.0126 e. The number of hydrogen-bond donors (Lipinski definition) is 0. The summed E-state index contributed by atoms with van der Waals surface area (Å²) in [4.78, 5) is 0. The molecule has 0 bridgehead atoms. The largest absolute Gasteiger partial charge is 0.596 e. The van der Waals surface area contributed by atoms with Crippen molar-refractivity contribution in [2.24, 2.45) is 0 Å². The first-order valence-corrected chi connectivity index (χ1v) is 2.36. The molecule has 0 saturated heterocycles. The minimum atomic E-state index is 0.335. The highest BCUT2D eigenvalue weighted by Gasteiger charge is 1.81. The number of rotatable bonds is 0. The second-order valence-electron chi connectivity index (χ2n) is 1.000. The van der Waals surface area contributed by atoms with Gasteiger partial charge in [-0.2, -0.15) is 11.6 Å². The van der Waals surface area contributed by atoms with Crippen LogP contribution in [-0.4, -0.2) is 0 Å². The van der Waals surface area contributed by atoms with E-state index in [2.05, 4.69) is 10.7 Å². The second kappa shape index (κ2) is 1.76. The first-order chi connectivity index (χ1) is 3.30. The van der Waals surface area contributed by atoms with E-state index in [9.17, 15) is 0 Å². The summed E-state index contributed by atoms with van der Waals surface area (Å²) >= 11 is 10.7. The summed E-state index contributed by atoms with van der Waals surface area (Å²) in [6.45, 7) is 0. The van der Waals surface area contributed by atoms with E-state index in [1.165, 1.54) is 6.26 Å². The van der Waals surface area contributed by atoms with E-state index in [0.717, 1.165) is 0 Å². The Labute approximate surface area is 50.8 Å². The molecule has 1 aromatic heterocycles. The molecule has 0 aliphatic carbocycles. The fourth-order valence-electron chi connectivity index (χ4n) is 0.233. The molecule has 0 saturated carbocycles. The SMILES string of the molecule is Clc1[c-]occ1Cl. The quantitative estimate of drug-likeness (QED) is 0.499. The molecule has 0 N–H and O–H groups in total. The molecule has 0 fully saturated rings. The highest BCUT2D eigenvalue weighted by atomic mass is 35.5. The lowest BCUT2D eigenvalue weighted by molar-refractivity contribution is 0.558. The molecule has 0 spiro atoms. The Morgan fingerprint density at radius 2 is 2.29 bits per heavy atom. The first-order valence-electron chi connectivity index (χ1n) is 1.61. The molecule has 3 heteroatoms. The van der Waals surface area contributed by atoms with E-state index < -0.39 is 0 Å². The number of halogens is 2. The van der Waals surface area contributed by atoms with Crippen LogP contribution in [0, 0.1) is 6.26 Å². The van der Waals surface area contributed by atoms with Gasteiger partial charge in [-0.1, -0.05) is 5.02 Å². The van der Waals surface area contributed by atoms with E-state index in [1.54, 1.807) is 0 Å². The van der Waals surface area contributed by atoms with Crippen LogP contribution in [0.1, 0.15) is 0 Å². The maximum atomic E-state index is 5.37. The number of furan rings is 1. The lowest BCUT2D eigenvalue weighted by Gasteiger charge is -1.82. The fraction of sp³-hybridized carbons (Fsp3) is 0. The zero-order valence-corrected chi connectivity index (χ0v) is 4.75. The van der Waals surface area contributed by atoms with Crippen molar-refractivity contribution >= 4 is 23.2 Å². The van der Waals surface area contributed by atoms with Gasteiger partial charge >= 0.3 is 0 Å². The molecule has 0 atom stereocenters. The third-order valence-electron chi connectivity index (χ3n) is 0.521. The third-order valence-corrected chi connectivity index (χ3v) is 1.18. The Hall–Kier alpha value is -0.140. The highest BCUT2D eigenvalue weighted by molar-refractivity contribution is 6.41. The van der Waals surface area contributed by atoms with Crippen LogP contribution >= 0.6 is 23.2 Å². The van der Waals surface area contributed by atoms with Gasteiger partial charge in [0.25, 0.3) is 0 Å². The molecule has 0 aromatic carbocycles. The molecule has 0 radical (unpaired) electrons. The Morgan fingerprint density at radius 3 is 2.43 bits per heavy atom. The molecule has 1 rings (SSSR count). The molecule has 7 heavy (non-hydrogen) atoms. The fourth-order valence-corrected chi connectivity index (χ4v) is 0.406. The van der Waals surface area contributed by atoms with Crippen molar-refractivity contribution in [2.75, 3.05) is 0 Å². The van der Waals surface area contributed by atoms with Crippen LogP contribution < -0.4 is 0 Å². The second-order valence-corrected chi connectivity index (χ2v) is 1.78. The Bertz CT molecular complexity index is 142. The van der Waals surface area contributed by atoms with Crippen molar-refractivity contribution in [1.29, 1.82) is 0 Å². The van der Waals surface area contributed by atoms with Crippen molar-refractivity contribution in [1.82, 2.24) is 0 Å². The summed E-state index contributed by atoms with van der Waals surface area (Å²) in [6, 6.07) is 0. The predicted octanol–water partition coefficient (Wildman–Crippen LogP) is 2.39. The summed E-state index contributed by atoms with van der Waals surface area (Å²) in [5, 5.41) is 0.739. The summed E-state index contributed by atoms with van der Waals surface area (Å²) < 4.78 is 4.46. The predicted molar refractivity (Wildman–Crippen MR) is 27.6 cm³/mol. The van der Waals surface area contributed by atoms with Gasteiger partial charge in [-0.25, -0.2) is 0 Å². The molecule has 1 heterocycles. The average Bonchev–Trinajstić information content (AvgIpc) is 1.91. The van der Waals surface area contributed by atoms with Gasteiger partial charge in [-0.3, -0.25) is 0 Å². The topological polar surface area (TPSA) is 13.1 Å². The van der Waals surface area contributed by atoms with E-state index in [-0.39, 0.29) is 0 Å². The van der Waals surface area contributed by atoms with Gasteiger partial charge in [0.05, 0.1) is 0 Å². The van der Waals surface area contributed by atoms with Gasteiger partial charge < -0.3 is 4.42 Å². The van der Waals surface area contributed by atoms with Crippen LogP contribution in [0.5, 0.6) is 0 Å². The molecule has 1 nitrogen and oxygen atoms in total. The molecule has 0 aliphatic rings. The van der Waals surface area contributed by atoms with Gasteiger partial charge in [0.1, 0.15) is 0 Å². The van der Waals surface area contributed by atoms with Crippen molar-refractivity contribution in [2.45, 2.75) is 0 Å². The molecule has 0 unspecified atom stereocenters. The van der Waals surface area contributed by atoms with Crippen LogP contribution in [0.4, 0.5) is 0 Å². The zero-order chi connectivity index (χ0) is 5.28. The Balaban J connectivity index is 3.12. The highest BCUT2D eigenvalue weighted by Crippen LogP contribution is 2.20. The van der Waals surface area contributed by atoms with Gasteiger partial charge in [0, 0.05) is 6.26 Å². The molecule has 38 valence electrons. The minimum absolute atomic E-state index is 0.335. The van der Waals surface area contributed by atoms with Crippen LogP contribution in [0.2, 0.25) is 10.0 Å². The number of hydrogen-bond acceptors (Lipinski definition) is 1. The van der Waals surface area contributed by atoms with E-state index >= 15 is 0 Å². The molecule has 0 aliphatic heterocycles. The van der Waals surface area contributed by atoms with Crippen LogP contribution in [-0.2, 0) is 0 Å². The monoisotopic (exact) mass is 135 g/mol. The van der Waals surface area contributed by atoms with Crippen LogP contribution in [0.25, 0.3) is 0 Å². The standard InChI is InChI=1S/C4HCl2O/c5-3-1-7-2-4(3)6/h1H/q-1. The maximum Gasteiger partial charge on any atom is 0.0126 e. The molecule has 1 aromatic rings. The first kappa shape index (κ1) is 5.01. The summed E-state index contributed by atoms with van der Waals surface area (Å²) in [5.41, 5.74) is 0. The van der Waals surface area contributed by atoms with Crippen molar-refractivity contribution in [3.8, 4) is 0 Å². The average molecular weight is 136 g/mol. The molecule has 0 amide bonds. The minimum Gasteiger partial charge on any atom is -0.596 e. The van der Waals surface area contributed by atoms with Gasteiger partial charge in [0.2, 0.25) is 0 Å². The lowest BCUT2D eigenvalue weighted by Crippen LogP contribution is -1.46. The third kappa shape index (κ3) is 0.898. The van der Waals surface area contributed by atoms with Crippen molar-refractivity contribution < 1.29 is 4.42 Å². The Kier molecular flexibility index (Phi) is 1.26.